The predicted octanol–water partition coefficient (Wildman–Crippen LogP) is 6.16. The molecule has 2 amide bonds. The molecule has 1 fully saturated rings. The molecule has 4 nitrogen and oxygen atoms in total. The summed E-state index contributed by atoms with van der Waals surface area (Å²) >= 11 is 1.78. The van der Waals surface area contributed by atoms with Crippen molar-refractivity contribution in [1.82, 2.24) is 4.90 Å². The van der Waals surface area contributed by atoms with E-state index >= 15 is 0 Å². The third-order valence-electron chi connectivity index (χ3n) is 5.39. The number of hydrogen-bond donors (Lipinski definition) is 1. The normalized spacial score (nSPS) is 15.8. The smallest absolute Gasteiger partial charge is 0.323 e. The van der Waals surface area contributed by atoms with E-state index in [1.807, 2.05) is 60.4 Å². The van der Waals surface area contributed by atoms with E-state index in [1.165, 1.54) is 5.56 Å². The summed E-state index contributed by atoms with van der Waals surface area (Å²) in [5, 5.41) is 3.08. The van der Waals surface area contributed by atoms with Gasteiger partial charge in [0.05, 0.1) is 0 Å². The van der Waals surface area contributed by atoms with Crippen LogP contribution in [0.4, 0.5) is 10.5 Å². The minimum Gasteiger partial charge on any atom is -0.489 e. The SMILES string of the molecule is Cc1cccc(NC(=O)N2CCS[C@H]2c2cccc(OCc3ccccc3)c2)c1C. The Kier molecular flexibility index (Phi) is 6.29. The molecule has 0 radical (unpaired) electrons. The van der Waals surface area contributed by atoms with Crippen LogP contribution in [0.1, 0.15) is 27.6 Å². The molecule has 1 heterocycles. The summed E-state index contributed by atoms with van der Waals surface area (Å²) in [4.78, 5) is 14.9. The van der Waals surface area contributed by atoms with E-state index in [9.17, 15) is 4.79 Å². The van der Waals surface area contributed by atoms with E-state index < -0.39 is 0 Å². The molecule has 1 saturated heterocycles. The van der Waals surface area contributed by atoms with Gasteiger partial charge >= 0.3 is 6.03 Å². The Bertz CT molecular complexity index is 1020. The summed E-state index contributed by atoms with van der Waals surface area (Å²) in [7, 11) is 0. The minimum atomic E-state index is -0.0608. The van der Waals surface area contributed by atoms with Crippen LogP contribution in [-0.2, 0) is 6.61 Å². The van der Waals surface area contributed by atoms with Gasteiger partial charge in [-0.25, -0.2) is 4.79 Å². The van der Waals surface area contributed by atoms with E-state index in [2.05, 4.69) is 36.5 Å². The molecule has 3 aromatic rings. The molecule has 0 spiro atoms. The van der Waals surface area contributed by atoms with Crippen molar-refractivity contribution in [3.05, 3.63) is 95.1 Å². The van der Waals surface area contributed by atoms with Crippen LogP contribution in [0.15, 0.2) is 72.8 Å². The van der Waals surface area contributed by atoms with E-state index in [-0.39, 0.29) is 11.4 Å². The van der Waals surface area contributed by atoms with Gasteiger partial charge in [0.25, 0.3) is 0 Å². The number of amides is 2. The first-order chi connectivity index (χ1) is 14.6. The molecule has 5 heteroatoms. The Hall–Kier alpha value is -2.92. The second-order valence-corrected chi connectivity index (χ2v) is 8.63. The number of nitrogens with one attached hydrogen (secondary N) is 1. The van der Waals surface area contributed by atoms with Crippen molar-refractivity contribution in [3.63, 3.8) is 0 Å². The lowest BCUT2D eigenvalue weighted by Gasteiger charge is -2.25. The first-order valence-electron chi connectivity index (χ1n) is 10.1. The van der Waals surface area contributed by atoms with E-state index in [4.69, 9.17) is 4.74 Å². The second kappa shape index (κ2) is 9.26. The maximum absolute atomic E-state index is 13.0. The van der Waals surface area contributed by atoms with Crippen LogP contribution < -0.4 is 10.1 Å². The van der Waals surface area contributed by atoms with Gasteiger partial charge in [-0.05, 0) is 54.3 Å². The highest BCUT2D eigenvalue weighted by molar-refractivity contribution is 7.99. The Morgan fingerprint density at radius 2 is 1.87 bits per heavy atom. The molecular weight excluding hydrogens is 392 g/mol. The fourth-order valence-electron chi connectivity index (χ4n) is 3.53. The molecule has 4 rings (SSSR count). The zero-order valence-corrected chi connectivity index (χ0v) is 18.1. The van der Waals surface area contributed by atoms with Crippen LogP contribution in [0.25, 0.3) is 0 Å². The van der Waals surface area contributed by atoms with Crippen molar-refractivity contribution in [2.24, 2.45) is 0 Å². The van der Waals surface area contributed by atoms with Gasteiger partial charge in [0.1, 0.15) is 17.7 Å². The standard InChI is InChI=1S/C25H26N2O2S/c1-18-8-6-13-23(19(18)2)26-25(28)27-14-15-30-24(27)21-11-7-12-22(16-21)29-17-20-9-4-3-5-10-20/h3-13,16,24H,14-15,17H2,1-2H3,(H,26,28)/t24-/m0/s1. The highest BCUT2D eigenvalue weighted by Crippen LogP contribution is 2.39. The lowest BCUT2D eigenvalue weighted by atomic mass is 10.1. The number of aryl methyl sites for hydroxylation is 1. The largest absolute Gasteiger partial charge is 0.489 e. The number of nitrogens with zero attached hydrogens (tertiary/aromatic N) is 1. The molecule has 0 aromatic heterocycles. The average Bonchev–Trinajstić information content (AvgIpc) is 3.27. The number of thioether (sulfide) groups is 1. The van der Waals surface area contributed by atoms with Gasteiger partial charge in [0.15, 0.2) is 0 Å². The highest BCUT2D eigenvalue weighted by Gasteiger charge is 2.31. The summed E-state index contributed by atoms with van der Waals surface area (Å²) < 4.78 is 5.98. The summed E-state index contributed by atoms with van der Waals surface area (Å²) in [6.07, 6.45) is 0. The number of anilines is 1. The van der Waals surface area contributed by atoms with Crippen LogP contribution in [0.3, 0.4) is 0 Å². The maximum Gasteiger partial charge on any atom is 0.323 e. The molecule has 1 N–H and O–H groups in total. The first kappa shape index (κ1) is 20.4. The van der Waals surface area contributed by atoms with Crippen molar-refractivity contribution >= 4 is 23.5 Å². The van der Waals surface area contributed by atoms with Gasteiger partial charge in [-0.3, -0.25) is 0 Å². The average molecular weight is 419 g/mol. The molecule has 1 atom stereocenters. The fourth-order valence-corrected chi connectivity index (χ4v) is 4.77. The monoisotopic (exact) mass is 418 g/mol. The molecule has 3 aromatic carbocycles. The number of ether oxygens (including phenoxy) is 1. The molecule has 30 heavy (non-hydrogen) atoms. The predicted molar refractivity (Wildman–Crippen MR) is 124 cm³/mol. The zero-order valence-electron chi connectivity index (χ0n) is 17.3. The molecule has 154 valence electrons. The second-order valence-electron chi connectivity index (χ2n) is 7.44. The number of benzene rings is 3. The Labute approximate surface area is 182 Å². The molecular formula is C25H26N2O2S. The van der Waals surface area contributed by atoms with Gasteiger partial charge < -0.3 is 15.0 Å². The van der Waals surface area contributed by atoms with E-state index in [0.29, 0.717) is 6.61 Å². The number of carbonyl (C=O) groups excluding carboxylic acids is 1. The third kappa shape index (κ3) is 4.62. The number of hydrogen-bond acceptors (Lipinski definition) is 3. The molecule has 1 aliphatic rings. The molecule has 0 saturated carbocycles. The zero-order chi connectivity index (χ0) is 20.9. The first-order valence-corrected chi connectivity index (χ1v) is 11.2. The Balaban J connectivity index is 1.46. The van der Waals surface area contributed by atoms with Crippen LogP contribution in [-0.4, -0.2) is 23.2 Å². The lowest BCUT2D eigenvalue weighted by molar-refractivity contribution is 0.214. The topological polar surface area (TPSA) is 41.6 Å². The Morgan fingerprint density at radius 1 is 1.07 bits per heavy atom. The van der Waals surface area contributed by atoms with Gasteiger partial charge in [-0.2, -0.15) is 0 Å². The minimum absolute atomic E-state index is 0.0182. The fraction of sp³-hybridized carbons (Fsp3) is 0.240. The van der Waals surface area contributed by atoms with Gasteiger partial charge in [-0.15, -0.1) is 11.8 Å². The maximum atomic E-state index is 13.0. The van der Waals surface area contributed by atoms with Gasteiger partial charge in [0.2, 0.25) is 0 Å². The quantitative estimate of drug-likeness (QED) is 0.539. The van der Waals surface area contributed by atoms with Crippen molar-refractivity contribution in [2.45, 2.75) is 25.8 Å². The van der Waals surface area contributed by atoms with Crippen molar-refractivity contribution in [1.29, 1.82) is 0 Å². The molecule has 0 bridgehead atoms. The summed E-state index contributed by atoms with van der Waals surface area (Å²) in [5.74, 6) is 1.73. The van der Waals surface area contributed by atoms with Crippen molar-refractivity contribution < 1.29 is 9.53 Å². The lowest BCUT2D eigenvalue weighted by Crippen LogP contribution is -2.34. The summed E-state index contributed by atoms with van der Waals surface area (Å²) in [5.41, 5.74) is 5.36. The summed E-state index contributed by atoms with van der Waals surface area (Å²) in [6, 6.07) is 24.1. The number of urea groups is 1. The van der Waals surface area contributed by atoms with E-state index in [1.54, 1.807) is 11.8 Å². The number of rotatable bonds is 5. The molecule has 0 unspecified atom stereocenters. The molecule has 0 aliphatic carbocycles. The molecule has 1 aliphatic heterocycles. The van der Waals surface area contributed by atoms with Gasteiger partial charge in [0, 0.05) is 18.0 Å². The highest BCUT2D eigenvalue weighted by atomic mass is 32.2. The van der Waals surface area contributed by atoms with Gasteiger partial charge in [-0.1, -0.05) is 54.6 Å². The van der Waals surface area contributed by atoms with Crippen LogP contribution in [0.5, 0.6) is 5.75 Å². The van der Waals surface area contributed by atoms with E-state index in [0.717, 1.165) is 40.4 Å². The van der Waals surface area contributed by atoms with Crippen molar-refractivity contribution in [2.75, 3.05) is 17.6 Å². The van der Waals surface area contributed by atoms with Crippen LogP contribution in [0, 0.1) is 13.8 Å². The Morgan fingerprint density at radius 3 is 2.70 bits per heavy atom. The van der Waals surface area contributed by atoms with Crippen molar-refractivity contribution in [3.8, 4) is 5.75 Å². The third-order valence-corrected chi connectivity index (χ3v) is 6.65. The number of carbonyl (C=O) groups is 1. The van der Waals surface area contributed by atoms with Crippen LogP contribution in [0.2, 0.25) is 0 Å². The summed E-state index contributed by atoms with van der Waals surface area (Å²) in [6.45, 7) is 5.34. The van der Waals surface area contributed by atoms with Crippen LogP contribution >= 0.6 is 11.8 Å².